The molecular formula is C20H29NO4. The van der Waals surface area contributed by atoms with Gasteiger partial charge in [0.05, 0.1) is 5.41 Å². The van der Waals surface area contributed by atoms with Gasteiger partial charge in [-0.2, -0.15) is 0 Å². The van der Waals surface area contributed by atoms with Gasteiger partial charge in [0.1, 0.15) is 0 Å². The number of piperidine rings is 1. The predicted molar refractivity (Wildman–Crippen MR) is 96.5 cm³/mol. The summed E-state index contributed by atoms with van der Waals surface area (Å²) in [6.45, 7) is 3.58. The van der Waals surface area contributed by atoms with Crippen LogP contribution in [0.1, 0.15) is 43.2 Å². The lowest BCUT2D eigenvalue weighted by Crippen LogP contribution is -2.50. The largest absolute Gasteiger partial charge is 0.481 e. The molecule has 0 aliphatic carbocycles. The summed E-state index contributed by atoms with van der Waals surface area (Å²) in [5, 5.41) is 9.75. The van der Waals surface area contributed by atoms with Crippen molar-refractivity contribution in [3.63, 3.8) is 0 Å². The van der Waals surface area contributed by atoms with Crippen molar-refractivity contribution in [3.05, 3.63) is 35.4 Å². The van der Waals surface area contributed by atoms with E-state index in [2.05, 4.69) is 0 Å². The second-order valence-electron chi connectivity index (χ2n) is 7.03. The van der Waals surface area contributed by atoms with Crippen molar-refractivity contribution in [1.29, 1.82) is 0 Å². The molecular weight excluding hydrogens is 318 g/mol. The molecule has 138 valence electrons. The SMILES string of the molecule is COCCCC1(C(=O)O)CCCN(C(=O)CCc2ccccc2C)C1. The Morgan fingerprint density at radius 1 is 1.32 bits per heavy atom. The van der Waals surface area contributed by atoms with Crippen LogP contribution in [0.25, 0.3) is 0 Å². The van der Waals surface area contributed by atoms with Gasteiger partial charge in [-0.15, -0.1) is 0 Å². The molecule has 2 rings (SSSR count). The minimum atomic E-state index is -0.824. The number of amides is 1. The number of carboxylic acid groups (broad SMARTS) is 1. The van der Waals surface area contributed by atoms with Gasteiger partial charge in [0, 0.05) is 33.2 Å². The number of methoxy groups -OCH3 is 1. The number of aryl methyl sites for hydroxylation is 2. The third kappa shape index (κ3) is 5.05. The lowest BCUT2D eigenvalue weighted by Gasteiger charge is -2.40. The molecule has 1 aliphatic heterocycles. The molecule has 1 amide bonds. The molecule has 1 saturated heterocycles. The Labute approximate surface area is 150 Å². The van der Waals surface area contributed by atoms with Crippen LogP contribution in [0.5, 0.6) is 0 Å². The lowest BCUT2D eigenvalue weighted by atomic mass is 9.76. The zero-order valence-corrected chi connectivity index (χ0v) is 15.3. The molecule has 1 aliphatic rings. The van der Waals surface area contributed by atoms with Gasteiger partial charge in [0.2, 0.25) is 5.91 Å². The van der Waals surface area contributed by atoms with Crippen LogP contribution in [-0.2, 0) is 20.7 Å². The summed E-state index contributed by atoms with van der Waals surface area (Å²) in [5.74, 6) is -0.736. The summed E-state index contributed by atoms with van der Waals surface area (Å²) >= 11 is 0. The van der Waals surface area contributed by atoms with Gasteiger partial charge in [-0.1, -0.05) is 24.3 Å². The molecule has 0 spiro atoms. The number of benzene rings is 1. The molecule has 5 nitrogen and oxygen atoms in total. The fraction of sp³-hybridized carbons (Fsp3) is 0.600. The van der Waals surface area contributed by atoms with Gasteiger partial charge in [-0.05, 0) is 50.2 Å². The molecule has 1 aromatic rings. The molecule has 1 fully saturated rings. The van der Waals surface area contributed by atoms with E-state index in [-0.39, 0.29) is 5.91 Å². The third-order valence-electron chi connectivity index (χ3n) is 5.26. The maximum atomic E-state index is 12.6. The molecule has 25 heavy (non-hydrogen) atoms. The van der Waals surface area contributed by atoms with Crippen LogP contribution in [0.15, 0.2) is 24.3 Å². The van der Waals surface area contributed by atoms with E-state index < -0.39 is 11.4 Å². The van der Waals surface area contributed by atoms with E-state index in [9.17, 15) is 14.7 Å². The zero-order valence-electron chi connectivity index (χ0n) is 15.3. The molecule has 0 bridgehead atoms. The number of hydrogen-bond donors (Lipinski definition) is 1. The normalized spacial score (nSPS) is 20.5. The summed E-state index contributed by atoms with van der Waals surface area (Å²) in [7, 11) is 1.62. The van der Waals surface area contributed by atoms with E-state index in [1.54, 1.807) is 12.0 Å². The fourth-order valence-corrected chi connectivity index (χ4v) is 3.68. The number of hydrogen-bond acceptors (Lipinski definition) is 3. The van der Waals surface area contributed by atoms with Crippen molar-refractivity contribution in [1.82, 2.24) is 4.90 Å². The van der Waals surface area contributed by atoms with Crippen molar-refractivity contribution in [2.45, 2.75) is 45.4 Å². The average Bonchev–Trinajstić information content (AvgIpc) is 2.61. The predicted octanol–water partition coefficient (Wildman–Crippen LogP) is 3.05. The average molecular weight is 347 g/mol. The number of likely N-dealkylation sites (tertiary alicyclic amines) is 1. The topological polar surface area (TPSA) is 66.8 Å². The van der Waals surface area contributed by atoms with Crippen LogP contribution in [0, 0.1) is 12.3 Å². The van der Waals surface area contributed by atoms with E-state index in [0.717, 1.165) is 6.42 Å². The minimum Gasteiger partial charge on any atom is -0.481 e. The highest BCUT2D eigenvalue weighted by molar-refractivity contribution is 5.80. The van der Waals surface area contributed by atoms with Crippen molar-refractivity contribution < 1.29 is 19.4 Å². The van der Waals surface area contributed by atoms with Gasteiger partial charge in [0.25, 0.3) is 0 Å². The number of ether oxygens (including phenoxy) is 1. The second kappa shape index (κ2) is 8.99. The van der Waals surface area contributed by atoms with Crippen molar-refractivity contribution in [2.24, 2.45) is 5.41 Å². The van der Waals surface area contributed by atoms with Gasteiger partial charge in [-0.25, -0.2) is 0 Å². The highest BCUT2D eigenvalue weighted by Gasteiger charge is 2.42. The minimum absolute atomic E-state index is 0.0559. The van der Waals surface area contributed by atoms with Crippen molar-refractivity contribution in [2.75, 3.05) is 26.8 Å². The summed E-state index contributed by atoms with van der Waals surface area (Å²) in [6.07, 6.45) is 3.76. The van der Waals surface area contributed by atoms with E-state index in [0.29, 0.717) is 51.8 Å². The number of rotatable bonds is 8. The Hall–Kier alpha value is -1.88. The first-order valence-electron chi connectivity index (χ1n) is 9.03. The first-order valence-corrected chi connectivity index (χ1v) is 9.03. The summed E-state index contributed by atoms with van der Waals surface area (Å²) in [4.78, 5) is 26.3. The summed E-state index contributed by atoms with van der Waals surface area (Å²) < 4.78 is 5.06. The van der Waals surface area contributed by atoms with Crippen LogP contribution in [-0.4, -0.2) is 48.7 Å². The molecule has 1 N–H and O–H groups in total. The zero-order chi connectivity index (χ0) is 18.3. The Balaban J connectivity index is 1.97. The van der Waals surface area contributed by atoms with Crippen LogP contribution in [0.3, 0.4) is 0 Å². The van der Waals surface area contributed by atoms with Gasteiger partial charge >= 0.3 is 5.97 Å². The van der Waals surface area contributed by atoms with Crippen LogP contribution >= 0.6 is 0 Å². The first kappa shape index (κ1) is 19.4. The van der Waals surface area contributed by atoms with E-state index >= 15 is 0 Å². The van der Waals surface area contributed by atoms with Gasteiger partial charge in [-0.3, -0.25) is 9.59 Å². The molecule has 1 atom stereocenters. The van der Waals surface area contributed by atoms with Gasteiger partial charge in [0.15, 0.2) is 0 Å². The number of carboxylic acids is 1. The lowest BCUT2D eigenvalue weighted by molar-refractivity contribution is -0.155. The molecule has 0 aromatic heterocycles. The van der Waals surface area contributed by atoms with Crippen LogP contribution in [0.4, 0.5) is 0 Å². The molecule has 1 heterocycles. The molecule has 0 radical (unpaired) electrons. The second-order valence-corrected chi connectivity index (χ2v) is 7.03. The van der Waals surface area contributed by atoms with Crippen molar-refractivity contribution in [3.8, 4) is 0 Å². The number of carbonyl (C=O) groups is 2. The Morgan fingerprint density at radius 3 is 2.76 bits per heavy atom. The van der Waals surface area contributed by atoms with Crippen LogP contribution < -0.4 is 0 Å². The molecule has 5 heteroatoms. The standard InChI is InChI=1S/C20H29NO4/c1-16-7-3-4-8-17(16)9-10-18(22)21-13-5-11-20(15-21,19(23)24)12-6-14-25-2/h3-4,7-8H,5-6,9-15H2,1-2H3,(H,23,24). The smallest absolute Gasteiger partial charge is 0.311 e. The maximum absolute atomic E-state index is 12.6. The molecule has 1 unspecified atom stereocenters. The Kier molecular flexibility index (Phi) is 7.00. The number of carbonyl (C=O) groups excluding carboxylic acids is 1. The quantitative estimate of drug-likeness (QED) is 0.734. The maximum Gasteiger partial charge on any atom is 0.311 e. The highest BCUT2D eigenvalue weighted by Crippen LogP contribution is 2.35. The van der Waals surface area contributed by atoms with Crippen molar-refractivity contribution >= 4 is 11.9 Å². The van der Waals surface area contributed by atoms with E-state index in [1.807, 2.05) is 31.2 Å². The summed E-state index contributed by atoms with van der Waals surface area (Å²) in [5.41, 5.74) is 1.54. The highest BCUT2D eigenvalue weighted by atomic mass is 16.5. The van der Waals surface area contributed by atoms with Gasteiger partial charge < -0.3 is 14.7 Å². The van der Waals surface area contributed by atoms with Crippen LogP contribution in [0.2, 0.25) is 0 Å². The molecule has 0 saturated carbocycles. The van der Waals surface area contributed by atoms with E-state index in [4.69, 9.17) is 4.74 Å². The Morgan fingerprint density at radius 2 is 2.08 bits per heavy atom. The van der Waals surface area contributed by atoms with E-state index in [1.165, 1.54) is 11.1 Å². The number of nitrogens with zero attached hydrogens (tertiary/aromatic N) is 1. The molecule has 1 aromatic carbocycles. The first-order chi connectivity index (χ1) is 12.0. The Bertz CT molecular complexity index is 601. The monoisotopic (exact) mass is 347 g/mol. The number of aliphatic carboxylic acids is 1. The summed E-state index contributed by atoms with van der Waals surface area (Å²) in [6, 6.07) is 8.07. The third-order valence-corrected chi connectivity index (χ3v) is 5.26. The fourth-order valence-electron chi connectivity index (χ4n) is 3.68.